The largest absolute Gasteiger partial charge is 0.439 e. The summed E-state index contributed by atoms with van der Waals surface area (Å²) in [5.41, 5.74) is 3.96. The number of pyridine rings is 1. The van der Waals surface area contributed by atoms with E-state index in [2.05, 4.69) is 10.3 Å². The third kappa shape index (κ3) is 5.82. The van der Waals surface area contributed by atoms with Crippen LogP contribution in [0.3, 0.4) is 0 Å². The number of benzene rings is 2. The number of rotatable bonds is 7. The van der Waals surface area contributed by atoms with Gasteiger partial charge in [0.05, 0.1) is 23.8 Å². The van der Waals surface area contributed by atoms with Crippen LogP contribution in [0, 0.1) is 20.8 Å². The number of aryl methyl sites for hydroxylation is 3. The highest BCUT2D eigenvalue weighted by atomic mass is 32.2. The number of nitrogens with zero attached hydrogens (tertiary/aromatic N) is 2. The van der Waals surface area contributed by atoms with E-state index in [1.165, 1.54) is 11.8 Å². The zero-order valence-electron chi connectivity index (χ0n) is 17.9. The highest BCUT2D eigenvalue weighted by Crippen LogP contribution is 2.24. The fourth-order valence-corrected chi connectivity index (χ4v) is 3.88. The van der Waals surface area contributed by atoms with Gasteiger partial charge in [-0.2, -0.15) is 0 Å². The summed E-state index contributed by atoms with van der Waals surface area (Å²) < 4.78 is 31.3. The predicted molar refractivity (Wildman–Crippen MR) is 122 cm³/mol. The number of amides is 1. The van der Waals surface area contributed by atoms with Crippen LogP contribution in [0.4, 0.5) is 11.4 Å². The van der Waals surface area contributed by atoms with Gasteiger partial charge in [0.2, 0.25) is 21.8 Å². The Morgan fingerprint density at radius 3 is 2.35 bits per heavy atom. The van der Waals surface area contributed by atoms with E-state index in [1.54, 1.807) is 37.3 Å². The maximum Gasteiger partial charge on any atom is 0.245 e. The molecule has 1 heterocycles. The highest BCUT2D eigenvalue weighted by Gasteiger charge is 2.22. The number of hydrogen-bond donors (Lipinski definition) is 1. The van der Waals surface area contributed by atoms with Crippen LogP contribution in [0.15, 0.2) is 60.8 Å². The Bertz CT molecular complexity index is 1190. The molecule has 0 aliphatic carbocycles. The zero-order chi connectivity index (χ0) is 22.6. The van der Waals surface area contributed by atoms with Crippen LogP contribution < -0.4 is 14.4 Å². The van der Waals surface area contributed by atoms with Crippen molar-refractivity contribution in [2.24, 2.45) is 0 Å². The molecule has 0 atom stereocenters. The number of hydrogen-bond acceptors (Lipinski definition) is 5. The summed E-state index contributed by atoms with van der Waals surface area (Å²) in [5.74, 6) is 0.589. The van der Waals surface area contributed by atoms with Crippen molar-refractivity contribution in [3.8, 4) is 11.6 Å². The predicted octanol–water partition coefficient (Wildman–Crippen LogP) is 4.20. The third-order valence-corrected chi connectivity index (χ3v) is 5.92. The summed E-state index contributed by atoms with van der Waals surface area (Å²) >= 11 is 0. The SMILES string of the molecule is Cc1ccc(Oc2ccc(NC(=O)CN(c3ccccc3C)S(C)(=O)=O)cn2)cc1C. The minimum Gasteiger partial charge on any atom is -0.439 e. The van der Waals surface area contributed by atoms with E-state index in [-0.39, 0.29) is 6.54 Å². The Balaban J connectivity index is 1.68. The number of nitrogens with one attached hydrogen (secondary N) is 1. The average molecular weight is 440 g/mol. The Labute approximate surface area is 182 Å². The summed E-state index contributed by atoms with van der Waals surface area (Å²) in [5, 5.41) is 2.68. The first kappa shape index (κ1) is 22.3. The van der Waals surface area contributed by atoms with Crippen LogP contribution in [0.1, 0.15) is 16.7 Å². The molecule has 1 N–H and O–H groups in total. The molecule has 0 unspecified atom stereocenters. The van der Waals surface area contributed by atoms with Crippen molar-refractivity contribution in [3.05, 3.63) is 77.5 Å². The fraction of sp³-hybridized carbons (Fsp3) is 0.217. The molecule has 3 aromatic rings. The smallest absolute Gasteiger partial charge is 0.245 e. The normalized spacial score (nSPS) is 11.1. The molecule has 0 aliphatic rings. The van der Waals surface area contributed by atoms with Crippen molar-refractivity contribution in [2.75, 3.05) is 22.4 Å². The summed E-state index contributed by atoms with van der Waals surface area (Å²) in [6.45, 7) is 5.48. The van der Waals surface area contributed by atoms with Crippen molar-refractivity contribution in [1.82, 2.24) is 4.98 Å². The standard InChI is InChI=1S/C23H25N3O4S/c1-16-9-11-20(13-18(16)3)30-23-12-10-19(14-24-23)25-22(27)15-26(31(4,28)29)21-8-6-5-7-17(21)2/h5-14H,15H2,1-4H3,(H,25,27). The van der Waals surface area contributed by atoms with E-state index in [4.69, 9.17) is 4.74 Å². The number of carbonyl (C=O) groups is 1. The topological polar surface area (TPSA) is 88.6 Å². The summed E-state index contributed by atoms with van der Waals surface area (Å²) in [6, 6.07) is 16.1. The van der Waals surface area contributed by atoms with Crippen molar-refractivity contribution < 1.29 is 17.9 Å². The van der Waals surface area contributed by atoms with Crippen LogP contribution in [-0.2, 0) is 14.8 Å². The first-order valence-corrected chi connectivity index (χ1v) is 11.5. The molecule has 1 amide bonds. The molecule has 0 aliphatic heterocycles. The Kier molecular flexibility index (Phi) is 6.60. The lowest BCUT2D eigenvalue weighted by atomic mass is 10.1. The van der Waals surface area contributed by atoms with Crippen LogP contribution in [-0.4, -0.2) is 32.1 Å². The van der Waals surface area contributed by atoms with Crippen LogP contribution in [0.5, 0.6) is 11.6 Å². The number of carbonyl (C=O) groups excluding carboxylic acids is 1. The molecule has 2 aromatic carbocycles. The van der Waals surface area contributed by atoms with Crippen LogP contribution in [0.25, 0.3) is 0 Å². The molecule has 0 bridgehead atoms. The third-order valence-electron chi connectivity index (χ3n) is 4.79. The van der Waals surface area contributed by atoms with Crippen molar-refractivity contribution in [3.63, 3.8) is 0 Å². The summed E-state index contributed by atoms with van der Waals surface area (Å²) in [4.78, 5) is 16.7. The molecular weight excluding hydrogens is 414 g/mol. The van der Waals surface area contributed by atoms with Gasteiger partial charge in [0.15, 0.2) is 0 Å². The number of anilines is 2. The monoisotopic (exact) mass is 439 g/mol. The molecule has 0 fully saturated rings. The van der Waals surface area contributed by atoms with E-state index in [9.17, 15) is 13.2 Å². The van der Waals surface area contributed by atoms with Gasteiger partial charge >= 0.3 is 0 Å². The lowest BCUT2D eigenvalue weighted by molar-refractivity contribution is -0.114. The van der Waals surface area contributed by atoms with E-state index >= 15 is 0 Å². The lowest BCUT2D eigenvalue weighted by Gasteiger charge is -2.23. The second kappa shape index (κ2) is 9.18. The molecule has 8 heteroatoms. The molecule has 0 saturated heterocycles. The van der Waals surface area contributed by atoms with Gasteiger partial charge in [0, 0.05) is 6.07 Å². The Hall–Kier alpha value is -3.39. The van der Waals surface area contributed by atoms with Gasteiger partial charge in [-0.3, -0.25) is 9.10 Å². The molecule has 0 radical (unpaired) electrons. The first-order chi connectivity index (χ1) is 14.6. The summed E-state index contributed by atoms with van der Waals surface area (Å²) in [6.07, 6.45) is 2.54. The highest BCUT2D eigenvalue weighted by molar-refractivity contribution is 7.92. The summed E-state index contributed by atoms with van der Waals surface area (Å²) in [7, 11) is -3.64. The molecule has 7 nitrogen and oxygen atoms in total. The number of para-hydroxylation sites is 1. The molecular formula is C23H25N3O4S. The first-order valence-electron chi connectivity index (χ1n) is 9.68. The number of sulfonamides is 1. The van der Waals surface area contributed by atoms with E-state index in [0.717, 1.165) is 21.7 Å². The van der Waals surface area contributed by atoms with Gasteiger partial charge in [-0.25, -0.2) is 13.4 Å². The second-order valence-corrected chi connectivity index (χ2v) is 9.24. The molecule has 1 aromatic heterocycles. The van der Waals surface area contributed by atoms with Crippen LogP contribution in [0.2, 0.25) is 0 Å². The van der Waals surface area contributed by atoms with Crippen molar-refractivity contribution >= 4 is 27.3 Å². The van der Waals surface area contributed by atoms with Gasteiger partial charge in [-0.15, -0.1) is 0 Å². The number of aromatic nitrogens is 1. The Morgan fingerprint density at radius 2 is 1.74 bits per heavy atom. The average Bonchev–Trinajstić information content (AvgIpc) is 2.70. The minimum absolute atomic E-state index is 0.343. The van der Waals surface area contributed by atoms with Gasteiger partial charge in [0.1, 0.15) is 12.3 Å². The molecule has 3 rings (SSSR count). The van der Waals surface area contributed by atoms with E-state index in [1.807, 2.05) is 38.1 Å². The maximum atomic E-state index is 12.5. The molecule has 0 saturated carbocycles. The van der Waals surface area contributed by atoms with Gasteiger partial charge in [0.25, 0.3) is 0 Å². The molecule has 31 heavy (non-hydrogen) atoms. The van der Waals surface area contributed by atoms with Crippen molar-refractivity contribution in [2.45, 2.75) is 20.8 Å². The van der Waals surface area contributed by atoms with E-state index in [0.29, 0.717) is 23.0 Å². The van der Waals surface area contributed by atoms with E-state index < -0.39 is 15.9 Å². The minimum atomic E-state index is -3.64. The quantitative estimate of drug-likeness (QED) is 0.596. The van der Waals surface area contributed by atoms with Crippen LogP contribution >= 0.6 is 0 Å². The van der Waals surface area contributed by atoms with Gasteiger partial charge < -0.3 is 10.1 Å². The molecule has 162 valence electrons. The second-order valence-electron chi connectivity index (χ2n) is 7.34. The Morgan fingerprint density at radius 1 is 1.00 bits per heavy atom. The fourth-order valence-electron chi connectivity index (χ4n) is 2.97. The maximum absolute atomic E-state index is 12.5. The van der Waals surface area contributed by atoms with Gasteiger partial charge in [-0.1, -0.05) is 24.3 Å². The van der Waals surface area contributed by atoms with Crippen molar-refractivity contribution in [1.29, 1.82) is 0 Å². The number of ether oxygens (including phenoxy) is 1. The lowest BCUT2D eigenvalue weighted by Crippen LogP contribution is -2.37. The molecule has 0 spiro atoms. The zero-order valence-corrected chi connectivity index (χ0v) is 18.7. The van der Waals surface area contributed by atoms with Gasteiger partial charge in [-0.05, 0) is 61.7 Å².